The van der Waals surface area contributed by atoms with E-state index in [1.807, 2.05) is 49.4 Å². The van der Waals surface area contributed by atoms with E-state index in [-0.39, 0.29) is 22.8 Å². The lowest BCUT2D eigenvalue weighted by Gasteiger charge is -2.40. The topological polar surface area (TPSA) is 130 Å². The number of aryl methyl sites for hydroxylation is 2. The summed E-state index contributed by atoms with van der Waals surface area (Å²) in [5.74, 6) is 2.25. The molecule has 1 aromatic heterocycles. The van der Waals surface area contributed by atoms with E-state index in [1.54, 1.807) is 33.4 Å². The highest BCUT2D eigenvalue weighted by Crippen LogP contribution is 2.42. The van der Waals surface area contributed by atoms with Crippen LogP contribution in [0.3, 0.4) is 0 Å². The van der Waals surface area contributed by atoms with Gasteiger partial charge in [-0.15, -0.1) is 10.2 Å². The Morgan fingerprint density at radius 3 is 2.53 bits per heavy atom. The Morgan fingerprint density at radius 1 is 1.06 bits per heavy atom. The molecule has 274 valence electrons. The van der Waals surface area contributed by atoms with Crippen LogP contribution < -0.4 is 19.7 Å². The van der Waals surface area contributed by atoms with Crippen LogP contribution >= 0.6 is 0 Å². The van der Waals surface area contributed by atoms with E-state index >= 15 is 0 Å². The molecule has 3 aromatic carbocycles. The van der Waals surface area contributed by atoms with Crippen LogP contribution in [0.1, 0.15) is 72.4 Å². The molecule has 2 aliphatic heterocycles. The van der Waals surface area contributed by atoms with Crippen molar-refractivity contribution in [2.24, 2.45) is 7.05 Å². The molecule has 12 nitrogen and oxygen atoms in total. The molecule has 4 aromatic rings. The maximum Gasteiger partial charge on any atom is 0.209 e. The number of piperidine rings is 1. The molecule has 0 saturated carbocycles. The Bertz CT molecular complexity index is 1830. The van der Waals surface area contributed by atoms with Gasteiger partial charge in [0, 0.05) is 44.7 Å². The van der Waals surface area contributed by atoms with Gasteiger partial charge in [-0.25, -0.2) is 8.42 Å². The van der Waals surface area contributed by atoms with Gasteiger partial charge in [0.25, 0.3) is 0 Å². The lowest BCUT2D eigenvalue weighted by molar-refractivity contribution is -0.00719. The highest BCUT2D eigenvalue weighted by molar-refractivity contribution is 7.91. The zero-order valence-corrected chi connectivity index (χ0v) is 31.0. The van der Waals surface area contributed by atoms with E-state index in [4.69, 9.17) is 18.9 Å². The van der Waals surface area contributed by atoms with E-state index in [1.165, 1.54) is 4.80 Å². The number of anilines is 1. The van der Waals surface area contributed by atoms with Crippen molar-refractivity contribution in [2.75, 3.05) is 52.0 Å². The quantitative estimate of drug-likeness (QED) is 0.160. The van der Waals surface area contributed by atoms with Crippen molar-refractivity contribution >= 4 is 15.5 Å². The number of nitrogens with zero attached hydrogens (tertiary/aromatic N) is 5. The molecule has 1 fully saturated rings. The Labute approximate surface area is 301 Å². The van der Waals surface area contributed by atoms with Crippen LogP contribution in [-0.4, -0.2) is 87.8 Å². The van der Waals surface area contributed by atoms with E-state index < -0.39 is 21.4 Å². The van der Waals surface area contributed by atoms with Crippen molar-refractivity contribution in [3.8, 4) is 11.5 Å². The zero-order chi connectivity index (χ0) is 36.0. The number of sulfone groups is 1. The van der Waals surface area contributed by atoms with Crippen LogP contribution in [-0.2, 0) is 26.4 Å². The SMILES string of the molecule is CC[C@H](C[C@H]1C[C@H](c2ccc(OC)cc2)[C@@H](OC(c2ccc3c(c2)N(CCCOC)CCO3)S(=O)(=O)c2ccc(C)cc2)CN1)c1nnn(C)n1. The standard InChI is InChI=1S/C38H50N6O6S/c1-6-27(37-40-42-43(3)41-37)22-30-24-33(28-10-13-31(48-5)14-11-28)36(25-39-30)50-38(51(45,46)32-15-8-26(2)9-16-32)29-12-17-35-34(23-29)44(19-21-49-35)18-7-20-47-4/h8-17,23,27,30,33,36,38-39H,6-7,18-22,24-25H2,1-5H3/t27-,30+,33-,36+,38?/m1/s1. The number of fused-ring (bicyclic) bond motifs is 1. The molecule has 0 aliphatic carbocycles. The monoisotopic (exact) mass is 718 g/mol. The summed E-state index contributed by atoms with van der Waals surface area (Å²) in [6, 6.07) is 20.7. The highest BCUT2D eigenvalue weighted by atomic mass is 32.2. The van der Waals surface area contributed by atoms with Crippen molar-refractivity contribution in [2.45, 2.75) is 73.8 Å². The molecule has 3 heterocycles. The lowest BCUT2D eigenvalue weighted by atomic mass is 9.81. The first-order valence-electron chi connectivity index (χ1n) is 17.8. The number of aromatic nitrogens is 4. The number of ether oxygens (including phenoxy) is 4. The Balaban J connectivity index is 1.35. The summed E-state index contributed by atoms with van der Waals surface area (Å²) in [7, 11) is 1.13. The fourth-order valence-corrected chi connectivity index (χ4v) is 8.72. The van der Waals surface area contributed by atoms with Gasteiger partial charge in [0.15, 0.2) is 11.3 Å². The minimum atomic E-state index is -4.00. The minimum absolute atomic E-state index is 0.100. The highest BCUT2D eigenvalue weighted by Gasteiger charge is 2.40. The third kappa shape index (κ3) is 8.54. The van der Waals surface area contributed by atoms with Gasteiger partial charge >= 0.3 is 0 Å². The van der Waals surface area contributed by atoms with Crippen molar-refractivity contribution < 1.29 is 27.4 Å². The Hall–Kier alpha value is -4.04. The van der Waals surface area contributed by atoms with Gasteiger partial charge in [0.1, 0.15) is 18.1 Å². The smallest absolute Gasteiger partial charge is 0.209 e. The summed E-state index contributed by atoms with van der Waals surface area (Å²) >= 11 is 0. The van der Waals surface area contributed by atoms with E-state index in [0.29, 0.717) is 31.9 Å². The molecule has 0 bridgehead atoms. The number of benzene rings is 3. The van der Waals surface area contributed by atoms with Gasteiger partial charge in [0.05, 0.1) is 37.4 Å². The van der Waals surface area contributed by atoms with E-state index in [2.05, 4.69) is 44.7 Å². The molecule has 1 N–H and O–H groups in total. The molecular formula is C38H50N6O6S. The molecule has 1 saturated heterocycles. The van der Waals surface area contributed by atoms with E-state index in [9.17, 15) is 8.42 Å². The summed E-state index contributed by atoms with van der Waals surface area (Å²) in [5, 5.41) is 16.6. The van der Waals surface area contributed by atoms with Crippen LogP contribution in [0.2, 0.25) is 0 Å². The van der Waals surface area contributed by atoms with Crippen molar-refractivity contribution in [3.05, 3.63) is 89.2 Å². The second-order valence-corrected chi connectivity index (χ2v) is 15.5. The third-order valence-electron chi connectivity index (χ3n) is 10.0. The molecule has 5 atom stereocenters. The van der Waals surface area contributed by atoms with Gasteiger partial charge in [-0.1, -0.05) is 42.8 Å². The van der Waals surface area contributed by atoms with Crippen molar-refractivity contribution in [1.29, 1.82) is 0 Å². The van der Waals surface area contributed by atoms with Gasteiger partial charge in [0.2, 0.25) is 9.84 Å². The van der Waals surface area contributed by atoms with Gasteiger partial charge in [-0.05, 0) is 85.3 Å². The predicted molar refractivity (Wildman–Crippen MR) is 195 cm³/mol. The normalized spacial score (nSPS) is 20.3. The first kappa shape index (κ1) is 36.7. The maximum atomic E-state index is 14.7. The molecule has 51 heavy (non-hydrogen) atoms. The zero-order valence-electron chi connectivity index (χ0n) is 30.2. The average Bonchev–Trinajstić information content (AvgIpc) is 3.59. The number of hydrogen-bond donors (Lipinski definition) is 1. The van der Waals surface area contributed by atoms with E-state index in [0.717, 1.165) is 66.4 Å². The largest absolute Gasteiger partial charge is 0.497 e. The number of methoxy groups -OCH3 is 2. The Morgan fingerprint density at radius 2 is 1.84 bits per heavy atom. The van der Waals surface area contributed by atoms with Gasteiger partial charge < -0.3 is 29.2 Å². The Kier molecular flexibility index (Phi) is 11.9. The van der Waals surface area contributed by atoms with Crippen LogP contribution in [0.5, 0.6) is 11.5 Å². The summed E-state index contributed by atoms with van der Waals surface area (Å²) in [6.45, 7) is 7.20. The summed E-state index contributed by atoms with van der Waals surface area (Å²) < 4.78 is 53.1. The van der Waals surface area contributed by atoms with Crippen LogP contribution in [0.15, 0.2) is 71.6 Å². The fraction of sp³-hybridized carbons (Fsp3) is 0.500. The second-order valence-electron chi connectivity index (χ2n) is 13.5. The number of nitrogens with one attached hydrogen (secondary N) is 1. The van der Waals surface area contributed by atoms with Crippen LogP contribution in [0.4, 0.5) is 5.69 Å². The molecule has 0 spiro atoms. The molecule has 0 radical (unpaired) electrons. The molecule has 0 amide bonds. The van der Waals surface area contributed by atoms with Crippen molar-refractivity contribution in [1.82, 2.24) is 25.5 Å². The van der Waals surface area contributed by atoms with Gasteiger partial charge in [-0.2, -0.15) is 4.80 Å². The second kappa shape index (κ2) is 16.5. The molecule has 6 rings (SSSR count). The fourth-order valence-electron chi connectivity index (χ4n) is 7.16. The van der Waals surface area contributed by atoms with Gasteiger partial charge in [-0.3, -0.25) is 0 Å². The first-order valence-corrected chi connectivity index (χ1v) is 19.3. The van der Waals surface area contributed by atoms with Crippen LogP contribution in [0, 0.1) is 6.92 Å². The average molecular weight is 719 g/mol. The maximum absolute atomic E-state index is 14.7. The number of tetrazole rings is 1. The first-order chi connectivity index (χ1) is 24.7. The number of rotatable bonds is 15. The third-order valence-corrected chi connectivity index (χ3v) is 11.9. The van der Waals surface area contributed by atoms with Crippen molar-refractivity contribution in [3.63, 3.8) is 0 Å². The summed E-state index contributed by atoms with van der Waals surface area (Å²) in [5.41, 5.74) is 2.21. The lowest BCUT2D eigenvalue weighted by Crippen LogP contribution is -2.48. The predicted octanol–water partition coefficient (Wildman–Crippen LogP) is 5.35. The summed E-state index contributed by atoms with van der Waals surface area (Å²) in [4.78, 5) is 3.95. The molecular weight excluding hydrogens is 669 g/mol. The minimum Gasteiger partial charge on any atom is -0.497 e. The number of hydrogen-bond acceptors (Lipinski definition) is 11. The molecule has 2 aliphatic rings. The molecule has 13 heteroatoms. The molecule has 1 unspecified atom stereocenters. The summed E-state index contributed by atoms with van der Waals surface area (Å²) in [6.07, 6.45) is 2.80. The van der Waals surface area contributed by atoms with Crippen LogP contribution in [0.25, 0.3) is 0 Å².